The van der Waals surface area contributed by atoms with E-state index in [1.165, 1.54) is 6.07 Å². The van der Waals surface area contributed by atoms with Crippen molar-refractivity contribution in [2.24, 2.45) is 0 Å². The molecule has 1 nitrogen and oxygen atoms in total. The van der Waals surface area contributed by atoms with E-state index in [1.54, 1.807) is 12.1 Å². The summed E-state index contributed by atoms with van der Waals surface area (Å²) in [5, 5.41) is 0. The molecule has 0 aliphatic carbocycles. The van der Waals surface area contributed by atoms with E-state index in [4.69, 9.17) is 0 Å². The van der Waals surface area contributed by atoms with Crippen molar-refractivity contribution in [2.45, 2.75) is 39.0 Å². The summed E-state index contributed by atoms with van der Waals surface area (Å²) in [6.45, 7) is 1.87. The van der Waals surface area contributed by atoms with E-state index in [9.17, 15) is 9.18 Å². The maximum Gasteiger partial charge on any atom is 0.132 e. The molecule has 0 atom stereocenters. The number of rotatable bonds is 6. The number of unbranched alkanes of at least 4 members (excludes halogenated alkanes) is 1. The predicted molar refractivity (Wildman–Crippen MR) is 59.3 cm³/mol. The first-order valence-corrected chi connectivity index (χ1v) is 5.49. The van der Waals surface area contributed by atoms with Gasteiger partial charge in [-0.2, -0.15) is 0 Å². The number of carbonyl (C=O) groups is 1. The summed E-state index contributed by atoms with van der Waals surface area (Å²) < 4.78 is 13.2. The average molecular weight is 208 g/mol. The number of hydrogen-bond acceptors (Lipinski definition) is 1. The van der Waals surface area contributed by atoms with Gasteiger partial charge in [-0.15, -0.1) is 0 Å². The summed E-state index contributed by atoms with van der Waals surface area (Å²) in [6, 6.07) is 6.82. The third-order valence-electron chi connectivity index (χ3n) is 2.50. The van der Waals surface area contributed by atoms with Crippen LogP contribution in [0.2, 0.25) is 0 Å². The van der Waals surface area contributed by atoms with Gasteiger partial charge in [0, 0.05) is 12.8 Å². The Kier molecular flexibility index (Phi) is 5.02. The molecule has 0 aliphatic heterocycles. The van der Waals surface area contributed by atoms with Gasteiger partial charge in [0.1, 0.15) is 11.6 Å². The Morgan fingerprint density at radius 3 is 2.67 bits per heavy atom. The standard InChI is InChI=1S/C13H17FO/c1-2-12(15)9-5-3-7-11-8-4-6-10-13(11)14/h4,6,8,10H,2-3,5,7,9H2,1H3. The second-order valence-electron chi connectivity index (χ2n) is 3.69. The van der Waals surface area contributed by atoms with E-state index in [0.29, 0.717) is 18.6 Å². The Hall–Kier alpha value is -1.18. The number of carbonyl (C=O) groups excluding carboxylic acids is 1. The fourth-order valence-corrected chi connectivity index (χ4v) is 1.52. The maximum atomic E-state index is 13.2. The highest BCUT2D eigenvalue weighted by molar-refractivity contribution is 5.77. The summed E-state index contributed by atoms with van der Waals surface area (Å²) in [5.41, 5.74) is 0.751. The lowest BCUT2D eigenvalue weighted by Crippen LogP contribution is -1.96. The number of aryl methyl sites for hydroxylation is 1. The van der Waals surface area contributed by atoms with Gasteiger partial charge in [-0.1, -0.05) is 25.1 Å². The van der Waals surface area contributed by atoms with Crippen molar-refractivity contribution in [3.8, 4) is 0 Å². The number of benzene rings is 1. The van der Waals surface area contributed by atoms with Gasteiger partial charge in [-0.3, -0.25) is 4.79 Å². The van der Waals surface area contributed by atoms with E-state index in [-0.39, 0.29) is 5.82 Å². The third kappa shape index (κ3) is 4.24. The molecule has 0 heterocycles. The summed E-state index contributed by atoms with van der Waals surface area (Å²) in [4.78, 5) is 11.0. The Balaban J connectivity index is 2.26. The van der Waals surface area contributed by atoms with Gasteiger partial charge >= 0.3 is 0 Å². The fourth-order valence-electron chi connectivity index (χ4n) is 1.52. The normalized spacial score (nSPS) is 10.3. The first-order chi connectivity index (χ1) is 7.24. The molecule has 0 fully saturated rings. The minimum Gasteiger partial charge on any atom is -0.300 e. The van der Waals surface area contributed by atoms with Crippen LogP contribution in [-0.4, -0.2) is 5.78 Å². The highest BCUT2D eigenvalue weighted by atomic mass is 19.1. The van der Waals surface area contributed by atoms with Crippen LogP contribution in [0.15, 0.2) is 24.3 Å². The second kappa shape index (κ2) is 6.33. The monoisotopic (exact) mass is 208 g/mol. The van der Waals surface area contributed by atoms with Crippen LogP contribution in [-0.2, 0) is 11.2 Å². The summed E-state index contributed by atoms with van der Waals surface area (Å²) in [6.07, 6.45) is 3.71. The van der Waals surface area contributed by atoms with Crippen LogP contribution in [0.4, 0.5) is 4.39 Å². The lowest BCUT2D eigenvalue weighted by Gasteiger charge is -2.02. The lowest BCUT2D eigenvalue weighted by atomic mass is 10.0. The van der Waals surface area contributed by atoms with Crippen LogP contribution in [0.5, 0.6) is 0 Å². The quantitative estimate of drug-likeness (QED) is 0.654. The van der Waals surface area contributed by atoms with Crippen molar-refractivity contribution in [2.75, 3.05) is 0 Å². The molecule has 0 amide bonds. The molecule has 2 heteroatoms. The van der Waals surface area contributed by atoms with Crippen molar-refractivity contribution < 1.29 is 9.18 Å². The smallest absolute Gasteiger partial charge is 0.132 e. The molecule has 0 bridgehead atoms. The zero-order valence-electron chi connectivity index (χ0n) is 9.13. The van der Waals surface area contributed by atoms with Crippen LogP contribution >= 0.6 is 0 Å². The van der Waals surface area contributed by atoms with Crippen LogP contribution in [0.25, 0.3) is 0 Å². The largest absolute Gasteiger partial charge is 0.300 e. The summed E-state index contributed by atoms with van der Waals surface area (Å²) >= 11 is 0. The van der Waals surface area contributed by atoms with Crippen molar-refractivity contribution >= 4 is 5.78 Å². The SMILES string of the molecule is CCC(=O)CCCCc1ccccc1F. The van der Waals surface area contributed by atoms with Gasteiger partial charge in [0.25, 0.3) is 0 Å². The van der Waals surface area contributed by atoms with Gasteiger partial charge in [0.15, 0.2) is 0 Å². The average Bonchev–Trinajstić information content (AvgIpc) is 2.26. The summed E-state index contributed by atoms with van der Waals surface area (Å²) in [7, 11) is 0. The minimum absolute atomic E-state index is 0.140. The minimum atomic E-state index is -0.140. The van der Waals surface area contributed by atoms with Crippen LogP contribution < -0.4 is 0 Å². The molecule has 0 saturated carbocycles. The molecular formula is C13H17FO. The second-order valence-corrected chi connectivity index (χ2v) is 3.69. The lowest BCUT2D eigenvalue weighted by molar-refractivity contribution is -0.118. The molecule has 1 aromatic carbocycles. The Labute approximate surface area is 90.3 Å². The van der Waals surface area contributed by atoms with Crippen molar-refractivity contribution in [3.63, 3.8) is 0 Å². The van der Waals surface area contributed by atoms with Gasteiger partial charge < -0.3 is 0 Å². The zero-order chi connectivity index (χ0) is 11.1. The molecule has 82 valence electrons. The molecule has 0 N–H and O–H groups in total. The zero-order valence-corrected chi connectivity index (χ0v) is 9.13. The fraction of sp³-hybridized carbons (Fsp3) is 0.462. The molecule has 1 rings (SSSR count). The van der Waals surface area contributed by atoms with Gasteiger partial charge in [0.2, 0.25) is 0 Å². The Morgan fingerprint density at radius 2 is 2.00 bits per heavy atom. The highest BCUT2D eigenvalue weighted by Gasteiger charge is 2.01. The number of Topliss-reactive ketones (excluding diaryl/α,β-unsaturated/α-hetero) is 1. The molecule has 15 heavy (non-hydrogen) atoms. The molecular weight excluding hydrogens is 191 g/mol. The molecule has 0 saturated heterocycles. The molecule has 0 radical (unpaired) electrons. The van der Waals surface area contributed by atoms with E-state index in [0.717, 1.165) is 24.8 Å². The van der Waals surface area contributed by atoms with Gasteiger partial charge in [-0.05, 0) is 30.9 Å². The van der Waals surface area contributed by atoms with E-state index in [1.807, 2.05) is 13.0 Å². The maximum absolute atomic E-state index is 13.2. The van der Waals surface area contributed by atoms with E-state index < -0.39 is 0 Å². The molecule has 1 aromatic rings. The van der Waals surface area contributed by atoms with Crippen molar-refractivity contribution in [3.05, 3.63) is 35.6 Å². The molecule has 0 aromatic heterocycles. The van der Waals surface area contributed by atoms with Crippen LogP contribution in [0, 0.1) is 5.82 Å². The van der Waals surface area contributed by atoms with Crippen molar-refractivity contribution in [1.29, 1.82) is 0 Å². The van der Waals surface area contributed by atoms with Crippen LogP contribution in [0.3, 0.4) is 0 Å². The molecule has 0 unspecified atom stereocenters. The van der Waals surface area contributed by atoms with Crippen LogP contribution in [0.1, 0.15) is 38.2 Å². The predicted octanol–water partition coefficient (Wildman–Crippen LogP) is 3.52. The van der Waals surface area contributed by atoms with E-state index >= 15 is 0 Å². The van der Waals surface area contributed by atoms with E-state index in [2.05, 4.69) is 0 Å². The first-order valence-electron chi connectivity index (χ1n) is 5.49. The topological polar surface area (TPSA) is 17.1 Å². The number of halogens is 1. The molecule has 0 aliphatic rings. The number of ketones is 1. The van der Waals surface area contributed by atoms with Gasteiger partial charge in [0.05, 0.1) is 0 Å². The highest BCUT2D eigenvalue weighted by Crippen LogP contribution is 2.11. The number of hydrogen-bond donors (Lipinski definition) is 0. The molecule has 0 spiro atoms. The first kappa shape index (κ1) is 11.9. The Bertz CT molecular complexity index is 320. The van der Waals surface area contributed by atoms with Gasteiger partial charge in [-0.25, -0.2) is 4.39 Å². The Morgan fingerprint density at radius 1 is 1.27 bits per heavy atom. The third-order valence-corrected chi connectivity index (χ3v) is 2.50. The van der Waals surface area contributed by atoms with Crippen molar-refractivity contribution in [1.82, 2.24) is 0 Å². The summed E-state index contributed by atoms with van der Waals surface area (Å²) in [5.74, 6) is 0.155.